The molecule has 0 fully saturated rings. The number of hydrogen-bond donors (Lipinski definition) is 1. The van der Waals surface area contributed by atoms with Crippen LogP contribution in [0.3, 0.4) is 0 Å². The molecule has 3 aromatic rings. The second-order valence-corrected chi connectivity index (χ2v) is 6.65. The van der Waals surface area contributed by atoms with Gasteiger partial charge in [0, 0.05) is 19.5 Å². The zero-order valence-corrected chi connectivity index (χ0v) is 15.7. The highest BCUT2D eigenvalue weighted by Gasteiger charge is 2.25. The van der Waals surface area contributed by atoms with Gasteiger partial charge in [-0.25, -0.2) is 4.98 Å². The van der Waals surface area contributed by atoms with Crippen molar-refractivity contribution in [1.29, 1.82) is 0 Å². The SMILES string of the molecule is COc1nn(C)c(C)c1C(=O)Nc1cccc(-c2nnc3n2[C@@H](C)CC3)n1. The van der Waals surface area contributed by atoms with Crippen molar-refractivity contribution in [2.75, 3.05) is 12.4 Å². The van der Waals surface area contributed by atoms with Gasteiger partial charge in [-0.2, -0.15) is 0 Å². The third-order valence-corrected chi connectivity index (χ3v) is 4.94. The Labute approximate surface area is 156 Å². The van der Waals surface area contributed by atoms with Crippen molar-refractivity contribution in [3.63, 3.8) is 0 Å². The molecule has 3 aromatic heterocycles. The molecule has 27 heavy (non-hydrogen) atoms. The zero-order valence-electron chi connectivity index (χ0n) is 15.7. The lowest BCUT2D eigenvalue weighted by Crippen LogP contribution is -2.15. The fourth-order valence-corrected chi connectivity index (χ4v) is 3.39. The molecule has 140 valence electrons. The summed E-state index contributed by atoms with van der Waals surface area (Å²) in [5, 5.41) is 15.6. The average Bonchev–Trinajstić information content (AvgIpc) is 3.31. The Morgan fingerprint density at radius 3 is 2.93 bits per heavy atom. The monoisotopic (exact) mass is 367 g/mol. The molecule has 1 N–H and O–H groups in total. The Hall–Kier alpha value is -3.23. The zero-order chi connectivity index (χ0) is 19.1. The minimum atomic E-state index is -0.318. The highest BCUT2D eigenvalue weighted by atomic mass is 16.5. The first-order chi connectivity index (χ1) is 13.0. The molecule has 1 aliphatic rings. The van der Waals surface area contributed by atoms with Crippen LogP contribution in [0.2, 0.25) is 0 Å². The number of pyridine rings is 1. The van der Waals surface area contributed by atoms with E-state index in [0.717, 1.165) is 24.5 Å². The molecule has 0 aromatic carbocycles. The molecule has 0 aliphatic carbocycles. The smallest absolute Gasteiger partial charge is 0.264 e. The lowest BCUT2D eigenvalue weighted by atomic mass is 10.2. The quantitative estimate of drug-likeness (QED) is 0.758. The highest BCUT2D eigenvalue weighted by molar-refractivity contribution is 6.06. The number of carbonyl (C=O) groups is 1. The number of aryl methyl sites for hydroxylation is 2. The minimum Gasteiger partial charge on any atom is -0.479 e. The summed E-state index contributed by atoms with van der Waals surface area (Å²) in [7, 11) is 3.25. The fourth-order valence-electron chi connectivity index (χ4n) is 3.39. The molecule has 0 saturated heterocycles. The predicted octanol–water partition coefficient (Wildman–Crippen LogP) is 2.15. The molecular weight excluding hydrogens is 346 g/mol. The predicted molar refractivity (Wildman–Crippen MR) is 98.7 cm³/mol. The first kappa shape index (κ1) is 17.2. The summed E-state index contributed by atoms with van der Waals surface area (Å²) in [5.41, 5.74) is 1.78. The maximum atomic E-state index is 12.7. The first-order valence-electron chi connectivity index (χ1n) is 8.79. The molecule has 9 heteroatoms. The van der Waals surface area contributed by atoms with Crippen LogP contribution < -0.4 is 10.1 Å². The molecular formula is C18H21N7O2. The molecule has 0 unspecified atom stereocenters. The molecule has 4 rings (SSSR count). The van der Waals surface area contributed by atoms with Crippen LogP contribution in [0.4, 0.5) is 5.82 Å². The third kappa shape index (κ3) is 2.84. The maximum absolute atomic E-state index is 12.7. The van der Waals surface area contributed by atoms with Gasteiger partial charge < -0.3 is 14.6 Å². The van der Waals surface area contributed by atoms with E-state index in [2.05, 4.69) is 37.1 Å². The van der Waals surface area contributed by atoms with Crippen molar-refractivity contribution in [2.24, 2.45) is 7.05 Å². The number of ether oxygens (including phenoxy) is 1. The van der Waals surface area contributed by atoms with Crippen LogP contribution in [0, 0.1) is 6.92 Å². The van der Waals surface area contributed by atoms with Gasteiger partial charge in [-0.15, -0.1) is 15.3 Å². The number of amides is 1. The summed E-state index contributed by atoms with van der Waals surface area (Å²) < 4.78 is 8.94. The van der Waals surface area contributed by atoms with E-state index in [1.54, 1.807) is 17.8 Å². The Kier molecular flexibility index (Phi) is 4.14. The summed E-state index contributed by atoms with van der Waals surface area (Å²) >= 11 is 0. The van der Waals surface area contributed by atoms with Crippen molar-refractivity contribution < 1.29 is 9.53 Å². The molecule has 1 aliphatic heterocycles. The highest BCUT2D eigenvalue weighted by Crippen LogP contribution is 2.30. The van der Waals surface area contributed by atoms with Gasteiger partial charge in [0.2, 0.25) is 5.88 Å². The standard InChI is InChI=1S/C18H21N7O2/c1-10-8-9-14-21-22-16(25(10)14)12-6-5-7-13(19-12)20-17(26)15-11(2)24(3)23-18(15)27-4/h5-7,10H,8-9H2,1-4H3,(H,19,20,26)/t10-/m0/s1. The number of carbonyl (C=O) groups excluding carboxylic acids is 1. The number of nitrogens with one attached hydrogen (secondary N) is 1. The van der Waals surface area contributed by atoms with Gasteiger partial charge in [-0.3, -0.25) is 9.48 Å². The summed E-state index contributed by atoms with van der Waals surface area (Å²) in [6, 6.07) is 5.79. The van der Waals surface area contributed by atoms with Crippen molar-refractivity contribution in [1.82, 2.24) is 29.5 Å². The molecule has 0 saturated carbocycles. The largest absolute Gasteiger partial charge is 0.479 e. The third-order valence-electron chi connectivity index (χ3n) is 4.94. The van der Waals surface area contributed by atoms with Crippen LogP contribution in [0.1, 0.15) is 41.3 Å². The van der Waals surface area contributed by atoms with Crippen LogP contribution in [0.5, 0.6) is 5.88 Å². The van der Waals surface area contributed by atoms with Crippen LogP contribution in [0.15, 0.2) is 18.2 Å². The van der Waals surface area contributed by atoms with Crippen molar-refractivity contribution in [3.05, 3.63) is 35.3 Å². The van der Waals surface area contributed by atoms with Crippen LogP contribution in [0.25, 0.3) is 11.5 Å². The van der Waals surface area contributed by atoms with Crippen molar-refractivity contribution in [3.8, 4) is 17.4 Å². The molecule has 9 nitrogen and oxygen atoms in total. The number of aromatic nitrogens is 6. The van der Waals surface area contributed by atoms with E-state index >= 15 is 0 Å². The second-order valence-electron chi connectivity index (χ2n) is 6.65. The molecule has 1 atom stereocenters. The lowest BCUT2D eigenvalue weighted by molar-refractivity contribution is 0.102. The Balaban J connectivity index is 1.64. The van der Waals surface area contributed by atoms with Crippen molar-refractivity contribution in [2.45, 2.75) is 32.7 Å². The van der Waals surface area contributed by atoms with Crippen molar-refractivity contribution >= 4 is 11.7 Å². The van der Waals surface area contributed by atoms with Gasteiger partial charge in [0.05, 0.1) is 12.8 Å². The van der Waals surface area contributed by atoms with Crippen LogP contribution in [-0.2, 0) is 13.5 Å². The number of anilines is 1. The van der Waals surface area contributed by atoms with Gasteiger partial charge in [0.1, 0.15) is 22.9 Å². The number of hydrogen-bond acceptors (Lipinski definition) is 6. The Morgan fingerprint density at radius 2 is 2.15 bits per heavy atom. The van der Waals surface area contributed by atoms with E-state index in [1.165, 1.54) is 7.11 Å². The van der Waals surface area contributed by atoms with E-state index < -0.39 is 0 Å². The number of rotatable bonds is 4. The van der Waals surface area contributed by atoms with Gasteiger partial charge in [0.15, 0.2) is 5.82 Å². The van der Waals surface area contributed by atoms with Crippen LogP contribution in [-0.4, -0.2) is 42.5 Å². The Bertz CT molecular complexity index is 1020. The average molecular weight is 367 g/mol. The number of nitrogens with zero attached hydrogens (tertiary/aromatic N) is 6. The number of fused-ring (bicyclic) bond motifs is 1. The minimum absolute atomic E-state index is 0.285. The van der Waals surface area contributed by atoms with Gasteiger partial charge >= 0.3 is 0 Å². The van der Waals surface area contributed by atoms with E-state index in [4.69, 9.17) is 4.74 Å². The van der Waals surface area contributed by atoms with E-state index in [9.17, 15) is 4.79 Å². The molecule has 0 spiro atoms. The second kappa shape index (κ2) is 6.49. The van der Waals surface area contributed by atoms with E-state index in [1.807, 2.05) is 19.1 Å². The lowest BCUT2D eigenvalue weighted by Gasteiger charge is -2.10. The molecule has 1 amide bonds. The number of methoxy groups -OCH3 is 1. The first-order valence-corrected chi connectivity index (χ1v) is 8.79. The molecule has 0 radical (unpaired) electrons. The summed E-state index contributed by atoms with van der Waals surface area (Å²) in [6.07, 6.45) is 1.97. The normalized spacial score (nSPS) is 15.6. The fraction of sp³-hybridized carbons (Fsp3) is 0.389. The van der Waals surface area contributed by atoms with E-state index in [-0.39, 0.29) is 11.8 Å². The summed E-state index contributed by atoms with van der Waals surface area (Å²) in [4.78, 5) is 17.3. The molecule has 0 bridgehead atoms. The van der Waals surface area contributed by atoms with Gasteiger partial charge in [-0.1, -0.05) is 6.07 Å². The topological polar surface area (TPSA) is 99.8 Å². The van der Waals surface area contributed by atoms with Gasteiger partial charge in [0.25, 0.3) is 5.91 Å². The summed E-state index contributed by atoms with van der Waals surface area (Å²) in [6.45, 7) is 3.96. The Morgan fingerprint density at radius 1 is 1.33 bits per heavy atom. The van der Waals surface area contributed by atoms with Gasteiger partial charge in [-0.05, 0) is 32.4 Å². The summed E-state index contributed by atoms with van der Waals surface area (Å²) in [5.74, 6) is 2.10. The maximum Gasteiger partial charge on any atom is 0.264 e. The van der Waals surface area contributed by atoms with E-state index in [0.29, 0.717) is 28.8 Å². The van der Waals surface area contributed by atoms with Crippen LogP contribution >= 0.6 is 0 Å². The molecule has 4 heterocycles.